The molecule has 0 saturated carbocycles. The van der Waals surface area contributed by atoms with Gasteiger partial charge in [0.2, 0.25) is 17.5 Å². The van der Waals surface area contributed by atoms with Crippen molar-refractivity contribution in [1.29, 1.82) is 0 Å². The Balaban J connectivity index is 1.68. The van der Waals surface area contributed by atoms with Crippen molar-refractivity contribution >= 4 is 40.7 Å². The van der Waals surface area contributed by atoms with E-state index >= 15 is 0 Å². The second-order valence-electron chi connectivity index (χ2n) is 6.10. The summed E-state index contributed by atoms with van der Waals surface area (Å²) in [5.74, 6) is -0.725. The van der Waals surface area contributed by atoms with Gasteiger partial charge in [-0.15, -0.1) is 5.10 Å². The number of halogens is 4. The SMILES string of the molecule is Cc1c([N+](=O)[O-])c(C(F)F)nn1CC(=O)Nc1ncn(Cc2ccc(Cl)c(Cl)c2)n1. The Morgan fingerprint density at radius 3 is 2.63 bits per heavy atom. The zero-order chi connectivity index (χ0) is 22.0. The molecule has 10 nitrogen and oxygen atoms in total. The summed E-state index contributed by atoms with van der Waals surface area (Å²) in [6.07, 6.45) is -1.77. The first kappa shape index (κ1) is 21.6. The van der Waals surface area contributed by atoms with Crippen molar-refractivity contribution in [3.8, 4) is 0 Å². The number of nitrogens with one attached hydrogen (secondary N) is 1. The van der Waals surface area contributed by atoms with E-state index in [0.717, 1.165) is 10.2 Å². The number of benzene rings is 1. The molecule has 1 N–H and O–H groups in total. The van der Waals surface area contributed by atoms with Crippen LogP contribution in [0.4, 0.5) is 20.4 Å². The van der Waals surface area contributed by atoms with Crippen LogP contribution >= 0.6 is 23.2 Å². The first-order chi connectivity index (χ1) is 14.2. The third-order valence-corrected chi connectivity index (χ3v) is 4.74. The fraction of sp³-hybridized carbons (Fsp3) is 0.250. The van der Waals surface area contributed by atoms with Crippen molar-refractivity contribution in [1.82, 2.24) is 24.5 Å². The van der Waals surface area contributed by atoms with Crippen LogP contribution in [0.3, 0.4) is 0 Å². The largest absolute Gasteiger partial charge is 0.319 e. The summed E-state index contributed by atoms with van der Waals surface area (Å²) in [7, 11) is 0. The first-order valence-corrected chi connectivity index (χ1v) is 9.04. The van der Waals surface area contributed by atoms with Gasteiger partial charge >= 0.3 is 5.69 Å². The number of carbonyl (C=O) groups excluding carboxylic acids is 1. The smallest absolute Gasteiger partial charge is 0.292 e. The average molecular weight is 460 g/mol. The Labute approximate surface area is 177 Å². The van der Waals surface area contributed by atoms with Crippen molar-refractivity contribution in [2.24, 2.45) is 0 Å². The number of carbonyl (C=O) groups is 1. The van der Waals surface area contributed by atoms with Crippen LogP contribution in [0.15, 0.2) is 24.5 Å². The number of aromatic nitrogens is 5. The van der Waals surface area contributed by atoms with E-state index in [9.17, 15) is 23.7 Å². The van der Waals surface area contributed by atoms with Gasteiger partial charge in [-0.2, -0.15) is 5.10 Å². The van der Waals surface area contributed by atoms with Gasteiger partial charge in [-0.05, 0) is 24.6 Å². The minimum atomic E-state index is -3.15. The van der Waals surface area contributed by atoms with E-state index in [0.29, 0.717) is 16.6 Å². The number of alkyl halides is 2. The van der Waals surface area contributed by atoms with Gasteiger partial charge in [-0.1, -0.05) is 29.3 Å². The summed E-state index contributed by atoms with van der Waals surface area (Å²) in [5, 5.41) is 21.8. The predicted molar refractivity (Wildman–Crippen MR) is 103 cm³/mol. The lowest BCUT2D eigenvalue weighted by atomic mass is 10.2. The summed E-state index contributed by atoms with van der Waals surface area (Å²) < 4.78 is 28.2. The summed E-state index contributed by atoms with van der Waals surface area (Å²) in [4.78, 5) is 26.2. The molecule has 158 valence electrons. The Hall–Kier alpha value is -3.12. The average Bonchev–Trinajstić information content (AvgIpc) is 3.22. The third kappa shape index (κ3) is 4.71. The zero-order valence-electron chi connectivity index (χ0n) is 15.2. The summed E-state index contributed by atoms with van der Waals surface area (Å²) in [6.45, 7) is 1.01. The van der Waals surface area contributed by atoms with Crippen LogP contribution in [0.1, 0.15) is 23.4 Å². The van der Waals surface area contributed by atoms with Crippen LogP contribution in [-0.4, -0.2) is 35.4 Å². The van der Waals surface area contributed by atoms with Crippen molar-refractivity contribution in [3.63, 3.8) is 0 Å². The molecule has 0 radical (unpaired) electrons. The molecule has 2 aromatic heterocycles. The Morgan fingerprint density at radius 1 is 1.30 bits per heavy atom. The number of nitro groups is 1. The molecule has 3 rings (SSSR count). The molecular formula is C16H13Cl2F2N7O3. The molecule has 0 spiro atoms. The van der Waals surface area contributed by atoms with E-state index in [4.69, 9.17) is 23.2 Å². The van der Waals surface area contributed by atoms with Crippen molar-refractivity contribution in [3.05, 3.63) is 61.6 Å². The van der Waals surface area contributed by atoms with Crippen LogP contribution in [0, 0.1) is 17.0 Å². The Bertz CT molecular complexity index is 1120. The molecule has 14 heteroatoms. The van der Waals surface area contributed by atoms with Gasteiger partial charge in [-0.3, -0.25) is 24.9 Å². The molecular weight excluding hydrogens is 447 g/mol. The molecule has 0 aliphatic rings. The highest BCUT2D eigenvalue weighted by Gasteiger charge is 2.31. The number of hydrogen-bond acceptors (Lipinski definition) is 6. The molecule has 0 unspecified atom stereocenters. The van der Waals surface area contributed by atoms with Crippen LogP contribution < -0.4 is 5.32 Å². The lowest BCUT2D eigenvalue weighted by molar-refractivity contribution is -0.386. The lowest BCUT2D eigenvalue weighted by Crippen LogP contribution is -2.21. The Kier molecular flexibility index (Phi) is 6.27. The maximum atomic E-state index is 13.0. The van der Waals surface area contributed by atoms with E-state index in [2.05, 4.69) is 20.5 Å². The monoisotopic (exact) mass is 459 g/mol. The normalized spacial score (nSPS) is 11.1. The molecule has 0 aliphatic carbocycles. The second kappa shape index (κ2) is 8.71. The first-order valence-electron chi connectivity index (χ1n) is 8.28. The van der Waals surface area contributed by atoms with E-state index in [-0.39, 0.29) is 11.6 Å². The highest BCUT2D eigenvalue weighted by atomic mass is 35.5. The molecule has 1 aromatic carbocycles. The summed E-state index contributed by atoms with van der Waals surface area (Å²) >= 11 is 11.8. The molecule has 0 atom stereocenters. The molecule has 3 aromatic rings. The van der Waals surface area contributed by atoms with Crippen molar-refractivity contribution < 1.29 is 18.5 Å². The standard InChI is InChI=1S/C16H13Cl2F2N7O3/c1-8-14(27(29)30)13(15(19)20)23-26(8)6-12(28)22-16-21-7-25(24-16)5-9-2-3-10(17)11(18)4-9/h2-4,7,15H,5-6H2,1H3,(H,22,24,28). The second-order valence-corrected chi connectivity index (χ2v) is 6.91. The number of anilines is 1. The highest BCUT2D eigenvalue weighted by molar-refractivity contribution is 6.42. The van der Waals surface area contributed by atoms with E-state index in [1.165, 1.54) is 17.9 Å². The van der Waals surface area contributed by atoms with Crippen LogP contribution in [0.5, 0.6) is 0 Å². The van der Waals surface area contributed by atoms with Crippen molar-refractivity contribution in [2.45, 2.75) is 26.4 Å². The van der Waals surface area contributed by atoms with Crippen LogP contribution in [0.25, 0.3) is 0 Å². The minimum Gasteiger partial charge on any atom is -0.292 e. The van der Waals surface area contributed by atoms with Gasteiger partial charge in [0, 0.05) is 0 Å². The number of hydrogen-bond donors (Lipinski definition) is 1. The summed E-state index contributed by atoms with van der Waals surface area (Å²) in [5.41, 5.74) is -1.18. The minimum absolute atomic E-state index is 0.0338. The molecule has 0 saturated heterocycles. The topological polar surface area (TPSA) is 121 Å². The van der Waals surface area contributed by atoms with Gasteiger partial charge in [0.15, 0.2) is 0 Å². The number of rotatable bonds is 7. The molecule has 1 amide bonds. The van der Waals surface area contributed by atoms with Gasteiger partial charge < -0.3 is 0 Å². The summed E-state index contributed by atoms with van der Waals surface area (Å²) in [6, 6.07) is 5.05. The molecule has 0 aliphatic heterocycles. The lowest BCUT2D eigenvalue weighted by Gasteiger charge is -2.04. The van der Waals surface area contributed by atoms with Gasteiger partial charge in [0.05, 0.1) is 21.5 Å². The van der Waals surface area contributed by atoms with E-state index in [1.54, 1.807) is 18.2 Å². The predicted octanol–water partition coefficient (Wildman–Crippen LogP) is 3.62. The van der Waals surface area contributed by atoms with Gasteiger partial charge in [0.1, 0.15) is 18.6 Å². The maximum absolute atomic E-state index is 13.0. The van der Waals surface area contributed by atoms with Crippen LogP contribution in [0.2, 0.25) is 10.0 Å². The number of nitrogens with zero attached hydrogens (tertiary/aromatic N) is 6. The van der Waals surface area contributed by atoms with E-state index in [1.807, 2.05) is 0 Å². The van der Waals surface area contributed by atoms with Crippen molar-refractivity contribution in [2.75, 3.05) is 5.32 Å². The molecule has 0 fully saturated rings. The van der Waals surface area contributed by atoms with Gasteiger partial charge in [-0.25, -0.2) is 18.4 Å². The molecule has 30 heavy (non-hydrogen) atoms. The number of amides is 1. The van der Waals surface area contributed by atoms with Crippen LogP contribution in [-0.2, 0) is 17.9 Å². The quantitative estimate of drug-likeness (QED) is 0.425. The third-order valence-electron chi connectivity index (χ3n) is 4.00. The fourth-order valence-corrected chi connectivity index (χ4v) is 2.96. The molecule has 0 bridgehead atoms. The molecule has 2 heterocycles. The maximum Gasteiger partial charge on any atom is 0.319 e. The van der Waals surface area contributed by atoms with Gasteiger partial charge in [0.25, 0.3) is 6.43 Å². The van der Waals surface area contributed by atoms with E-state index < -0.39 is 35.2 Å². The fourth-order valence-electron chi connectivity index (χ4n) is 2.64. The highest BCUT2D eigenvalue weighted by Crippen LogP contribution is 2.30. The Morgan fingerprint density at radius 2 is 2.03 bits per heavy atom. The zero-order valence-corrected chi connectivity index (χ0v) is 16.7.